The van der Waals surface area contributed by atoms with Crippen LogP contribution in [0.15, 0.2) is 12.1 Å². The molecule has 3 heteroatoms. The lowest BCUT2D eigenvalue weighted by Gasteiger charge is -2.40. The number of thiophene rings is 1. The minimum atomic E-state index is -0.00227. The zero-order chi connectivity index (χ0) is 15.1. The van der Waals surface area contributed by atoms with Gasteiger partial charge in [0.05, 0.1) is 11.6 Å². The molecule has 1 unspecified atom stereocenters. The minimum absolute atomic E-state index is 0.00227. The van der Waals surface area contributed by atoms with Gasteiger partial charge in [0.15, 0.2) is 0 Å². The molecule has 0 amide bonds. The van der Waals surface area contributed by atoms with Crippen molar-refractivity contribution in [2.24, 2.45) is 0 Å². The Hall–Kier alpha value is -0.380. The smallest absolute Gasteiger partial charge is 0.0884 e. The molecule has 0 radical (unpaired) electrons. The first-order chi connectivity index (χ1) is 10.2. The molecule has 1 atom stereocenters. The number of hydrogen-bond donors (Lipinski definition) is 1. The van der Waals surface area contributed by atoms with Crippen LogP contribution < -0.4 is 5.32 Å². The van der Waals surface area contributed by atoms with Crippen LogP contribution in [0.2, 0.25) is 0 Å². The fourth-order valence-electron chi connectivity index (χ4n) is 3.57. The Balaban J connectivity index is 2.28. The van der Waals surface area contributed by atoms with E-state index in [9.17, 15) is 0 Å². The summed E-state index contributed by atoms with van der Waals surface area (Å²) in [6.07, 6.45) is 8.88. The highest BCUT2D eigenvalue weighted by molar-refractivity contribution is 7.12. The molecule has 0 bridgehead atoms. The van der Waals surface area contributed by atoms with Gasteiger partial charge in [-0.15, -0.1) is 11.3 Å². The first kappa shape index (κ1) is 17.0. The van der Waals surface area contributed by atoms with Gasteiger partial charge >= 0.3 is 0 Å². The first-order valence-electron chi connectivity index (χ1n) is 8.65. The minimum Gasteiger partial charge on any atom is -0.373 e. The number of aryl methyl sites for hydroxylation is 1. The van der Waals surface area contributed by atoms with Crippen LogP contribution in [0.25, 0.3) is 0 Å². The summed E-state index contributed by atoms with van der Waals surface area (Å²) in [6.45, 7) is 8.46. The highest BCUT2D eigenvalue weighted by Gasteiger charge is 2.41. The van der Waals surface area contributed by atoms with Crippen molar-refractivity contribution < 1.29 is 4.74 Å². The van der Waals surface area contributed by atoms with Crippen molar-refractivity contribution in [1.29, 1.82) is 0 Å². The maximum atomic E-state index is 6.42. The Bertz CT molecular complexity index is 407. The van der Waals surface area contributed by atoms with Gasteiger partial charge in [0.1, 0.15) is 0 Å². The topological polar surface area (TPSA) is 21.3 Å². The summed E-state index contributed by atoms with van der Waals surface area (Å²) in [5, 5.41) is 3.81. The summed E-state index contributed by atoms with van der Waals surface area (Å²) in [5.41, 5.74) is -0.00227. The molecule has 21 heavy (non-hydrogen) atoms. The van der Waals surface area contributed by atoms with Crippen LogP contribution in [0.4, 0.5) is 0 Å². The molecule has 2 nitrogen and oxygen atoms in total. The van der Waals surface area contributed by atoms with E-state index < -0.39 is 0 Å². The van der Waals surface area contributed by atoms with Gasteiger partial charge in [0, 0.05) is 16.4 Å². The van der Waals surface area contributed by atoms with Gasteiger partial charge in [0.2, 0.25) is 0 Å². The highest BCUT2D eigenvalue weighted by atomic mass is 32.1. The van der Waals surface area contributed by atoms with Gasteiger partial charge in [-0.2, -0.15) is 0 Å². The van der Waals surface area contributed by atoms with Crippen LogP contribution in [0, 0.1) is 6.92 Å². The van der Waals surface area contributed by atoms with Gasteiger partial charge < -0.3 is 10.1 Å². The molecule has 1 aliphatic rings. The van der Waals surface area contributed by atoms with Crippen molar-refractivity contribution in [3.8, 4) is 0 Å². The molecule has 2 rings (SSSR count). The van der Waals surface area contributed by atoms with E-state index in [1.54, 1.807) is 0 Å². The lowest BCUT2D eigenvalue weighted by Crippen LogP contribution is -2.46. The van der Waals surface area contributed by atoms with E-state index >= 15 is 0 Å². The maximum Gasteiger partial charge on any atom is 0.0884 e. The molecule has 0 aromatic carbocycles. The Morgan fingerprint density at radius 2 is 1.90 bits per heavy atom. The fraction of sp³-hybridized carbons (Fsp3) is 0.778. The van der Waals surface area contributed by atoms with E-state index in [1.807, 2.05) is 11.3 Å². The third-order valence-corrected chi connectivity index (χ3v) is 5.62. The summed E-state index contributed by atoms with van der Waals surface area (Å²) >= 11 is 1.93. The van der Waals surface area contributed by atoms with Crippen LogP contribution in [-0.2, 0) is 4.74 Å². The number of ether oxygens (including phenoxy) is 1. The van der Waals surface area contributed by atoms with E-state index in [-0.39, 0.29) is 5.60 Å². The van der Waals surface area contributed by atoms with E-state index in [1.165, 1.54) is 54.7 Å². The Labute approximate surface area is 134 Å². The fourth-order valence-corrected chi connectivity index (χ4v) is 4.63. The van der Waals surface area contributed by atoms with Gasteiger partial charge in [0.25, 0.3) is 0 Å². The SMILES string of the molecule is CCCNC(c1ccc(C)s1)C1(OCC)CCCCCC1. The molecule has 0 aliphatic heterocycles. The predicted octanol–water partition coefficient (Wildman–Crippen LogP) is 5.23. The van der Waals surface area contributed by atoms with Crippen LogP contribution in [0.3, 0.4) is 0 Å². The zero-order valence-electron chi connectivity index (χ0n) is 13.9. The molecule has 1 N–H and O–H groups in total. The largest absolute Gasteiger partial charge is 0.373 e. The zero-order valence-corrected chi connectivity index (χ0v) is 14.7. The Morgan fingerprint density at radius 3 is 2.43 bits per heavy atom. The number of rotatable bonds is 7. The van der Waals surface area contributed by atoms with Gasteiger partial charge in [-0.05, 0) is 51.8 Å². The summed E-state index contributed by atoms with van der Waals surface area (Å²) in [5.74, 6) is 0. The van der Waals surface area contributed by atoms with Crippen molar-refractivity contribution in [3.63, 3.8) is 0 Å². The average Bonchev–Trinajstić information content (AvgIpc) is 2.75. The molecule has 1 saturated carbocycles. The normalized spacial score (nSPS) is 20.1. The second kappa shape index (κ2) is 8.30. The summed E-state index contributed by atoms with van der Waals surface area (Å²) < 4.78 is 6.42. The van der Waals surface area contributed by atoms with E-state index in [0.29, 0.717) is 6.04 Å². The molecule has 120 valence electrons. The second-order valence-corrected chi connectivity index (χ2v) is 7.57. The van der Waals surface area contributed by atoms with Crippen LogP contribution in [-0.4, -0.2) is 18.8 Å². The molecule has 0 saturated heterocycles. The number of hydrogen-bond acceptors (Lipinski definition) is 3. The van der Waals surface area contributed by atoms with Crippen molar-refractivity contribution in [2.45, 2.75) is 77.4 Å². The average molecular weight is 310 g/mol. The van der Waals surface area contributed by atoms with Crippen LogP contribution in [0.5, 0.6) is 0 Å². The van der Waals surface area contributed by atoms with Gasteiger partial charge in [-0.1, -0.05) is 32.6 Å². The summed E-state index contributed by atoms with van der Waals surface area (Å²) in [6, 6.07) is 4.91. The van der Waals surface area contributed by atoms with E-state index in [0.717, 1.165) is 13.2 Å². The van der Waals surface area contributed by atoms with Crippen molar-refractivity contribution in [1.82, 2.24) is 5.32 Å². The highest BCUT2D eigenvalue weighted by Crippen LogP contribution is 2.42. The molecule has 1 fully saturated rings. The first-order valence-corrected chi connectivity index (χ1v) is 9.47. The van der Waals surface area contributed by atoms with Crippen LogP contribution in [0.1, 0.15) is 74.6 Å². The summed E-state index contributed by atoms with van der Waals surface area (Å²) in [4.78, 5) is 2.85. The second-order valence-electron chi connectivity index (χ2n) is 6.25. The molecule has 1 aromatic rings. The Morgan fingerprint density at radius 1 is 1.19 bits per heavy atom. The monoisotopic (exact) mass is 309 g/mol. The third-order valence-electron chi connectivity index (χ3n) is 4.55. The van der Waals surface area contributed by atoms with Crippen LogP contribution >= 0.6 is 11.3 Å². The van der Waals surface area contributed by atoms with Crippen molar-refractivity contribution >= 4 is 11.3 Å². The molecular formula is C18H31NOS. The standard InChI is InChI=1S/C18H31NOS/c1-4-14-19-17(16-11-10-15(3)21-16)18(20-5-2)12-8-6-7-9-13-18/h10-11,17,19H,4-9,12-14H2,1-3H3. The molecular weight excluding hydrogens is 278 g/mol. The van der Waals surface area contributed by atoms with E-state index in [2.05, 4.69) is 38.2 Å². The Kier molecular flexibility index (Phi) is 6.72. The number of nitrogens with one attached hydrogen (secondary N) is 1. The maximum absolute atomic E-state index is 6.42. The lowest BCUT2D eigenvalue weighted by atomic mass is 9.85. The summed E-state index contributed by atoms with van der Waals surface area (Å²) in [7, 11) is 0. The molecule has 1 heterocycles. The molecule has 0 spiro atoms. The van der Waals surface area contributed by atoms with Crippen molar-refractivity contribution in [3.05, 3.63) is 21.9 Å². The lowest BCUT2D eigenvalue weighted by molar-refractivity contribution is -0.0773. The predicted molar refractivity (Wildman–Crippen MR) is 92.1 cm³/mol. The van der Waals surface area contributed by atoms with Gasteiger partial charge in [-0.25, -0.2) is 0 Å². The molecule has 1 aromatic heterocycles. The molecule has 1 aliphatic carbocycles. The quantitative estimate of drug-likeness (QED) is 0.697. The van der Waals surface area contributed by atoms with Crippen molar-refractivity contribution in [2.75, 3.05) is 13.2 Å². The third kappa shape index (κ3) is 4.30. The van der Waals surface area contributed by atoms with Gasteiger partial charge in [-0.3, -0.25) is 0 Å². The van der Waals surface area contributed by atoms with E-state index in [4.69, 9.17) is 4.74 Å².